The van der Waals surface area contributed by atoms with E-state index in [1.807, 2.05) is 0 Å². The maximum Gasteiger partial charge on any atom is 0.330 e. The molecular formula is C18H18O5. The molecule has 0 aliphatic rings. The molecule has 2 aromatic carbocycles. The second-order valence-corrected chi connectivity index (χ2v) is 4.84. The summed E-state index contributed by atoms with van der Waals surface area (Å²) < 4.78 is 10.2. The van der Waals surface area contributed by atoms with Gasteiger partial charge in [-0.1, -0.05) is 12.1 Å². The standard InChI is InChI=1S/C18H18O5/c1-22-17-12-16(20)8-4-14(17)5-9-18(21)23-11-10-13-2-6-15(19)7-3-13/h2-9,12,19-20H,10-11H2,1H3/b9-5+. The topological polar surface area (TPSA) is 76.0 Å². The number of phenols is 2. The smallest absolute Gasteiger partial charge is 0.330 e. The Morgan fingerprint density at radius 2 is 1.78 bits per heavy atom. The van der Waals surface area contributed by atoms with Crippen LogP contribution in [0.4, 0.5) is 0 Å². The second kappa shape index (κ2) is 7.89. The van der Waals surface area contributed by atoms with Gasteiger partial charge in [-0.15, -0.1) is 0 Å². The molecule has 2 aromatic rings. The van der Waals surface area contributed by atoms with Gasteiger partial charge in [0.05, 0.1) is 13.7 Å². The highest BCUT2D eigenvalue weighted by Gasteiger charge is 2.03. The zero-order valence-electron chi connectivity index (χ0n) is 12.7. The van der Waals surface area contributed by atoms with Crippen LogP contribution in [-0.2, 0) is 16.0 Å². The molecule has 5 nitrogen and oxygen atoms in total. The number of phenolic OH excluding ortho intramolecular Hbond substituents is 2. The first-order chi connectivity index (χ1) is 11.1. The minimum Gasteiger partial charge on any atom is -0.508 e. The number of hydrogen-bond acceptors (Lipinski definition) is 5. The molecular weight excluding hydrogens is 296 g/mol. The van der Waals surface area contributed by atoms with Gasteiger partial charge in [0.15, 0.2) is 0 Å². The van der Waals surface area contributed by atoms with Crippen molar-refractivity contribution in [3.8, 4) is 17.2 Å². The molecule has 120 valence electrons. The van der Waals surface area contributed by atoms with Crippen LogP contribution in [0.3, 0.4) is 0 Å². The van der Waals surface area contributed by atoms with E-state index < -0.39 is 5.97 Å². The van der Waals surface area contributed by atoms with E-state index in [-0.39, 0.29) is 18.1 Å². The molecule has 0 saturated heterocycles. The fourth-order valence-electron chi connectivity index (χ4n) is 1.98. The monoisotopic (exact) mass is 314 g/mol. The number of esters is 1. The molecule has 0 radical (unpaired) electrons. The minimum atomic E-state index is -0.459. The van der Waals surface area contributed by atoms with Crippen LogP contribution in [0.5, 0.6) is 17.2 Å². The summed E-state index contributed by atoms with van der Waals surface area (Å²) in [4.78, 5) is 11.7. The Balaban J connectivity index is 1.86. The van der Waals surface area contributed by atoms with Gasteiger partial charge in [-0.05, 0) is 35.9 Å². The van der Waals surface area contributed by atoms with Gasteiger partial charge in [0.25, 0.3) is 0 Å². The summed E-state index contributed by atoms with van der Waals surface area (Å²) in [6.45, 7) is 0.251. The zero-order chi connectivity index (χ0) is 16.7. The third-order valence-corrected chi connectivity index (χ3v) is 3.19. The third-order valence-electron chi connectivity index (χ3n) is 3.19. The lowest BCUT2D eigenvalue weighted by Crippen LogP contribution is -2.04. The molecule has 0 spiro atoms. The van der Waals surface area contributed by atoms with Gasteiger partial charge < -0.3 is 19.7 Å². The van der Waals surface area contributed by atoms with Crippen LogP contribution in [0.2, 0.25) is 0 Å². The average Bonchev–Trinajstić information content (AvgIpc) is 2.55. The van der Waals surface area contributed by atoms with Crippen molar-refractivity contribution in [1.82, 2.24) is 0 Å². The van der Waals surface area contributed by atoms with E-state index in [1.54, 1.807) is 36.4 Å². The number of aromatic hydroxyl groups is 2. The van der Waals surface area contributed by atoms with Gasteiger partial charge in [-0.25, -0.2) is 4.79 Å². The predicted octanol–water partition coefficient (Wildman–Crippen LogP) is 2.91. The number of hydrogen-bond donors (Lipinski definition) is 2. The predicted molar refractivity (Wildman–Crippen MR) is 86.5 cm³/mol. The number of benzene rings is 2. The van der Waals surface area contributed by atoms with E-state index in [1.165, 1.54) is 25.3 Å². The summed E-state index contributed by atoms with van der Waals surface area (Å²) in [5.41, 5.74) is 1.64. The van der Waals surface area contributed by atoms with Gasteiger partial charge in [0.2, 0.25) is 0 Å². The summed E-state index contributed by atoms with van der Waals surface area (Å²) in [5.74, 6) is 0.309. The highest BCUT2D eigenvalue weighted by atomic mass is 16.5. The number of ether oxygens (including phenoxy) is 2. The Morgan fingerprint density at radius 1 is 1.09 bits per heavy atom. The lowest BCUT2D eigenvalue weighted by molar-refractivity contribution is -0.137. The van der Waals surface area contributed by atoms with E-state index in [4.69, 9.17) is 9.47 Å². The van der Waals surface area contributed by atoms with E-state index in [0.29, 0.717) is 17.7 Å². The molecule has 0 bridgehead atoms. The normalized spacial score (nSPS) is 10.7. The van der Waals surface area contributed by atoms with E-state index in [2.05, 4.69) is 0 Å². The Morgan fingerprint density at radius 3 is 2.48 bits per heavy atom. The quantitative estimate of drug-likeness (QED) is 0.633. The molecule has 0 saturated carbocycles. The molecule has 0 fully saturated rings. The second-order valence-electron chi connectivity index (χ2n) is 4.84. The summed E-state index contributed by atoms with van der Waals surface area (Å²) in [5, 5.41) is 18.6. The summed E-state index contributed by atoms with van der Waals surface area (Å²) in [6, 6.07) is 11.4. The molecule has 0 heterocycles. The molecule has 2 N–H and O–H groups in total. The lowest BCUT2D eigenvalue weighted by Gasteiger charge is -2.05. The van der Waals surface area contributed by atoms with Crippen LogP contribution < -0.4 is 4.74 Å². The number of carbonyl (C=O) groups is 1. The van der Waals surface area contributed by atoms with Crippen molar-refractivity contribution in [2.75, 3.05) is 13.7 Å². The van der Waals surface area contributed by atoms with Crippen molar-refractivity contribution in [3.05, 3.63) is 59.7 Å². The van der Waals surface area contributed by atoms with Gasteiger partial charge in [-0.3, -0.25) is 0 Å². The van der Waals surface area contributed by atoms with Crippen LogP contribution in [0.25, 0.3) is 6.08 Å². The van der Waals surface area contributed by atoms with Gasteiger partial charge in [0, 0.05) is 24.1 Å². The average molecular weight is 314 g/mol. The summed E-state index contributed by atoms with van der Waals surface area (Å²) in [6.07, 6.45) is 3.45. The molecule has 0 unspecified atom stereocenters. The molecule has 0 atom stereocenters. The van der Waals surface area contributed by atoms with E-state index in [0.717, 1.165) is 5.56 Å². The van der Waals surface area contributed by atoms with Crippen LogP contribution in [0, 0.1) is 0 Å². The van der Waals surface area contributed by atoms with Gasteiger partial charge >= 0.3 is 5.97 Å². The summed E-state index contributed by atoms with van der Waals surface area (Å²) >= 11 is 0. The Hall–Kier alpha value is -2.95. The first-order valence-electron chi connectivity index (χ1n) is 7.08. The largest absolute Gasteiger partial charge is 0.508 e. The lowest BCUT2D eigenvalue weighted by atomic mass is 10.1. The summed E-state index contributed by atoms with van der Waals surface area (Å²) in [7, 11) is 1.49. The maximum absolute atomic E-state index is 11.7. The van der Waals surface area contributed by atoms with Crippen LogP contribution in [0.1, 0.15) is 11.1 Å². The van der Waals surface area contributed by atoms with Crippen LogP contribution >= 0.6 is 0 Å². The fraction of sp³-hybridized carbons (Fsp3) is 0.167. The van der Waals surface area contributed by atoms with Crippen molar-refractivity contribution < 1.29 is 24.5 Å². The molecule has 0 aliphatic carbocycles. The molecule has 0 aliphatic heterocycles. The molecule has 0 amide bonds. The van der Waals surface area contributed by atoms with E-state index in [9.17, 15) is 15.0 Å². The van der Waals surface area contributed by atoms with Gasteiger partial charge in [-0.2, -0.15) is 0 Å². The Labute approximate surface area is 134 Å². The van der Waals surface area contributed by atoms with Crippen molar-refractivity contribution in [1.29, 1.82) is 0 Å². The number of methoxy groups -OCH3 is 1. The highest BCUT2D eigenvalue weighted by Crippen LogP contribution is 2.24. The Kier molecular flexibility index (Phi) is 5.63. The SMILES string of the molecule is COc1cc(O)ccc1/C=C/C(=O)OCCc1ccc(O)cc1. The fourth-order valence-corrected chi connectivity index (χ4v) is 1.98. The minimum absolute atomic E-state index is 0.0930. The first kappa shape index (κ1) is 16.4. The third kappa shape index (κ3) is 5.07. The van der Waals surface area contributed by atoms with Crippen molar-refractivity contribution in [2.45, 2.75) is 6.42 Å². The van der Waals surface area contributed by atoms with Gasteiger partial charge in [0.1, 0.15) is 17.2 Å². The van der Waals surface area contributed by atoms with Crippen molar-refractivity contribution in [2.24, 2.45) is 0 Å². The Bertz CT molecular complexity index is 689. The van der Waals surface area contributed by atoms with E-state index >= 15 is 0 Å². The highest BCUT2D eigenvalue weighted by molar-refractivity contribution is 5.87. The molecule has 0 aromatic heterocycles. The van der Waals surface area contributed by atoms with Crippen molar-refractivity contribution >= 4 is 12.0 Å². The number of carbonyl (C=O) groups excluding carboxylic acids is 1. The molecule has 5 heteroatoms. The maximum atomic E-state index is 11.7. The van der Waals surface area contributed by atoms with Crippen LogP contribution in [0.15, 0.2) is 48.5 Å². The molecule has 23 heavy (non-hydrogen) atoms. The van der Waals surface area contributed by atoms with Crippen molar-refractivity contribution in [3.63, 3.8) is 0 Å². The zero-order valence-corrected chi connectivity index (χ0v) is 12.7. The van der Waals surface area contributed by atoms with Crippen LogP contribution in [-0.4, -0.2) is 29.9 Å². The first-order valence-corrected chi connectivity index (χ1v) is 7.08. The number of rotatable bonds is 6. The molecule has 2 rings (SSSR count).